The minimum absolute atomic E-state index is 0.112. The van der Waals surface area contributed by atoms with Gasteiger partial charge < -0.3 is 15.4 Å². The van der Waals surface area contributed by atoms with Crippen molar-refractivity contribution in [3.63, 3.8) is 0 Å². The summed E-state index contributed by atoms with van der Waals surface area (Å²) in [7, 11) is 0. The maximum atomic E-state index is 14.7. The second-order valence-corrected chi connectivity index (χ2v) is 7.83. The summed E-state index contributed by atoms with van der Waals surface area (Å²) in [5.41, 5.74) is 8.12. The average molecular weight is 350 g/mol. The van der Waals surface area contributed by atoms with E-state index in [0.717, 1.165) is 18.8 Å². The fourth-order valence-electron chi connectivity index (χ4n) is 3.36. The molecule has 2 N–H and O–H groups in total. The van der Waals surface area contributed by atoms with E-state index < -0.39 is 0 Å². The van der Waals surface area contributed by atoms with Crippen LogP contribution in [0.3, 0.4) is 0 Å². The fourth-order valence-corrected chi connectivity index (χ4v) is 3.36. The number of ether oxygens (including phenoxy) is 1. The van der Waals surface area contributed by atoms with Crippen LogP contribution < -0.4 is 10.6 Å². The van der Waals surface area contributed by atoms with Gasteiger partial charge in [-0.3, -0.25) is 4.79 Å². The highest BCUT2D eigenvalue weighted by Gasteiger charge is 2.46. The Labute approximate surface area is 150 Å². The first-order valence-electron chi connectivity index (χ1n) is 9.25. The molecule has 1 fully saturated rings. The number of carbonyl (C=O) groups is 1. The van der Waals surface area contributed by atoms with E-state index >= 15 is 0 Å². The monoisotopic (exact) mass is 350 g/mol. The molecule has 0 aliphatic heterocycles. The molecule has 0 radical (unpaired) electrons. The van der Waals surface area contributed by atoms with Gasteiger partial charge in [0.1, 0.15) is 5.82 Å². The highest BCUT2D eigenvalue weighted by molar-refractivity contribution is 5.78. The normalized spacial score (nSPS) is 19.4. The molecule has 2 unspecified atom stereocenters. The lowest BCUT2D eigenvalue weighted by atomic mass is 10.0. The summed E-state index contributed by atoms with van der Waals surface area (Å²) in [6.07, 6.45) is 0.635. The van der Waals surface area contributed by atoms with Gasteiger partial charge in [-0.2, -0.15) is 0 Å². The second-order valence-electron chi connectivity index (χ2n) is 7.83. The van der Waals surface area contributed by atoms with Crippen molar-refractivity contribution in [2.24, 2.45) is 17.8 Å². The van der Waals surface area contributed by atoms with Crippen LogP contribution in [0.4, 0.5) is 15.8 Å². The molecule has 2 rings (SSSR count). The summed E-state index contributed by atoms with van der Waals surface area (Å²) in [6, 6.07) is 3.25. The maximum absolute atomic E-state index is 14.7. The molecule has 0 aromatic heterocycles. The number of hydrogen-bond donors (Lipinski definition) is 1. The summed E-state index contributed by atoms with van der Waals surface area (Å²) < 4.78 is 19.8. The van der Waals surface area contributed by atoms with Crippen molar-refractivity contribution in [3.8, 4) is 0 Å². The second kappa shape index (κ2) is 8.07. The Morgan fingerprint density at radius 3 is 2.40 bits per heavy atom. The van der Waals surface area contributed by atoms with Gasteiger partial charge in [-0.25, -0.2) is 4.39 Å². The maximum Gasteiger partial charge on any atom is 0.309 e. The Morgan fingerprint density at radius 1 is 1.28 bits per heavy atom. The molecule has 1 aromatic rings. The van der Waals surface area contributed by atoms with Crippen molar-refractivity contribution in [1.82, 2.24) is 0 Å². The summed E-state index contributed by atoms with van der Waals surface area (Å²) in [6.45, 7) is 12.4. The van der Waals surface area contributed by atoms with E-state index in [1.165, 1.54) is 6.07 Å². The van der Waals surface area contributed by atoms with Crippen LogP contribution in [-0.2, 0) is 9.53 Å². The van der Waals surface area contributed by atoms with Crippen LogP contribution in [0.5, 0.6) is 0 Å². The number of rotatable bonds is 8. The van der Waals surface area contributed by atoms with E-state index in [-0.39, 0.29) is 23.6 Å². The van der Waals surface area contributed by atoms with E-state index in [1.54, 1.807) is 13.0 Å². The fraction of sp³-hybridized carbons (Fsp3) is 0.650. The molecule has 1 aliphatic rings. The van der Waals surface area contributed by atoms with Crippen LogP contribution in [0.2, 0.25) is 0 Å². The predicted molar refractivity (Wildman–Crippen MR) is 100 cm³/mol. The number of halogens is 1. The van der Waals surface area contributed by atoms with Crippen LogP contribution >= 0.6 is 0 Å². The Balaban J connectivity index is 2.23. The Kier molecular flexibility index (Phi) is 6.31. The van der Waals surface area contributed by atoms with E-state index in [2.05, 4.69) is 32.6 Å². The highest BCUT2D eigenvalue weighted by atomic mass is 19.1. The Hall–Kier alpha value is -1.78. The molecule has 1 aromatic carbocycles. The van der Waals surface area contributed by atoms with Gasteiger partial charge in [-0.15, -0.1) is 0 Å². The molecule has 0 spiro atoms. The number of benzene rings is 1. The van der Waals surface area contributed by atoms with Crippen molar-refractivity contribution in [1.29, 1.82) is 0 Å². The van der Waals surface area contributed by atoms with Gasteiger partial charge in [0.25, 0.3) is 0 Å². The Morgan fingerprint density at radius 2 is 1.88 bits per heavy atom. The zero-order valence-electron chi connectivity index (χ0n) is 16.0. The van der Waals surface area contributed by atoms with Crippen LogP contribution in [0.1, 0.15) is 52.5 Å². The van der Waals surface area contributed by atoms with Crippen molar-refractivity contribution < 1.29 is 13.9 Å². The average Bonchev–Trinajstić information content (AvgIpc) is 3.28. The molecular weight excluding hydrogens is 319 g/mol. The van der Waals surface area contributed by atoms with E-state index in [4.69, 9.17) is 10.5 Å². The first kappa shape index (κ1) is 19.5. The first-order chi connectivity index (χ1) is 11.7. The molecule has 4 nitrogen and oxygen atoms in total. The molecule has 5 heteroatoms. The van der Waals surface area contributed by atoms with E-state index in [0.29, 0.717) is 36.1 Å². The van der Waals surface area contributed by atoms with Gasteiger partial charge in [-0.1, -0.05) is 27.7 Å². The van der Waals surface area contributed by atoms with Crippen molar-refractivity contribution in [2.75, 3.05) is 30.3 Å². The summed E-state index contributed by atoms with van der Waals surface area (Å²) in [5, 5.41) is 0. The van der Waals surface area contributed by atoms with Gasteiger partial charge in [0.05, 0.1) is 23.9 Å². The minimum atomic E-state index is -0.279. The SMILES string of the molecule is CCOC(=O)C1CC1c1cc(N)c(N(CC(C)C)CC(C)C)cc1F. The Bertz CT molecular complexity index is 606. The zero-order chi connectivity index (χ0) is 18.7. The largest absolute Gasteiger partial charge is 0.466 e. The van der Waals surface area contributed by atoms with Gasteiger partial charge >= 0.3 is 5.97 Å². The van der Waals surface area contributed by atoms with Gasteiger partial charge in [-0.05, 0) is 42.9 Å². The smallest absolute Gasteiger partial charge is 0.309 e. The van der Waals surface area contributed by atoms with E-state index in [9.17, 15) is 9.18 Å². The molecular formula is C20H31FN2O2. The van der Waals surface area contributed by atoms with Gasteiger partial charge in [0, 0.05) is 19.0 Å². The third-order valence-electron chi connectivity index (χ3n) is 4.44. The molecule has 1 aliphatic carbocycles. The van der Waals surface area contributed by atoms with E-state index in [1.807, 2.05) is 0 Å². The topological polar surface area (TPSA) is 55.6 Å². The van der Waals surface area contributed by atoms with Crippen molar-refractivity contribution >= 4 is 17.3 Å². The van der Waals surface area contributed by atoms with Gasteiger partial charge in [0.15, 0.2) is 0 Å². The third kappa shape index (κ3) is 4.86. The molecule has 140 valence electrons. The molecule has 2 atom stereocenters. The van der Waals surface area contributed by atoms with Crippen LogP contribution in [0.15, 0.2) is 12.1 Å². The summed E-state index contributed by atoms with van der Waals surface area (Å²) in [4.78, 5) is 14.0. The number of hydrogen-bond acceptors (Lipinski definition) is 4. The summed E-state index contributed by atoms with van der Waals surface area (Å²) in [5.74, 6) is 0.0468. The van der Waals surface area contributed by atoms with Crippen molar-refractivity contribution in [2.45, 2.75) is 47.0 Å². The number of anilines is 2. The molecule has 0 heterocycles. The number of carbonyl (C=O) groups excluding carboxylic acids is 1. The van der Waals surface area contributed by atoms with Crippen LogP contribution in [-0.4, -0.2) is 25.7 Å². The molecule has 0 saturated heterocycles. The number of nitrogens with zero attached hydrogens (tertiary/aromatic N) is 1. The summed E-state index contributed by atoms with van der Waals surface area (Å²) >= 11 is 0. The molecule has 1 saturated carbocycles. The molecule has 0 amide bonds. The third-order valence-corrected chi connectivity index (χ3v) is 4.44. The lowest BCUT2D eigenvalue weighted by Crippen LogP contribution is -2.32. The van der Waals surface area contributed by atoms with Crippen molar-refractivity contribution in [3.05, 3.63) is 23.5 Å². The van der Waals surface area contributed by atoms with Crippen LogP contribution in [0.25, 0.3) is 0 Å². The molecule has 25 heavy (non-hydrogen) atoms. The quantitative estimate of drug-likeness (QED) is 0.564. The zero-order valence-corrected chi connectivity index (χ0v) is 16.0. The van der Waals surface area contributed by atoms with Crippen LogP contribution in [0, 0.1) is 23.6 Å². The lowest BCUT2D eigenvalue weighted by molar-refractivity contribution is -0.144. The first-order valence-corrected chi connectivity index (χ1v) is 9.25. The highest BCUT2D eigenvalue weighted by Crippen LogP contribution is 2.50. The number of esters is 1. The number of nitrogens with two attached hydrogens (primary N) is 1. The lowest BCUT2D eigenvalue weighted by Gasteiger charge is -2.30. The van der Waals surface area contributed by atoms with Gasteiger partial charge in [0.2, 0.25) is 0 Å². The molecule has 0 bridgehead atoms. The number of nitrogen functional groups attached to an aromatic ring is 1. The minimum Gasteiger partial charge on any atom is -0.466 e. The standard InChI is InChI=1S/C20H31FN2O2/c1-6-25-20(24)16-7-14(16)15-8-18(22)19(9-17(15)21)23(10-12(2)3)11-13(4)5/h8-9,12-14,16H,6-7,10-11,22H2,1-5H3. The predicted octanol–water partition coefficient (Wildman–Crippen LogP) is 4.19.